The Bertz CT molecular complexity index is 2280. The molecule has 58 heavy (non-hydrogen) atoms. The number of nitrogens with one attached hydrogen (secondary N) is 2. The number of carbonyl (C=O) groups excluding carboxylic acids is 2. The van der Waals surface area contributed by atoms with Gasteiger partial charge in [0, 0.05) is 23.9 Å². The molecule has 0 bridgehead atoms. The van der Waals surface area contributed by atoms with E-state index in [0.29, 0.717) is 35.9 Å². The van der Waals surface area contributed by atoms with Crippen LogP contribution >= 0.6 is 11.3 Å². The Balaban J connectivity index is 1.15. The van der Waals surface area contributed by atoms with Crippen LogP contribution in [0.25, 0.3) is 10.9 Å². The van der Waals surface area contributed by atoms with Crippen LogP contribution in [0.5, 0.6) is 11.5 Å². The number of hydrogen-bond donors (Lipinski definition) is 3. The molecule has 2 aromatic carbocycles. The lowest BCUT2D eigenvalue weighted by Crippen LogP contribution is -2.58. The Morgan fingerprint density at radius 3 is 2.38 bits per heavy atom. The highest BCUT2D eigenvalue weighted by atomic mass is 32.1. The number of methoxy groups -OCH3 is 1. The van der Waals surface area contributed by atoms with Crippen molar-refractivity contribution in [2.75, 3.05) is 37.4 Å². The van der Waals surface area contributed by atoms with Crippen LogP contribution in [0.2, 0.25) is 0 Å². The van der Waals surface area contributed by atoms with E-state index in [-0.39, 0.29) is 41.9 Å². The molecule has 0 aliphatic carbocycles. The Morgan fingerprint density at radius 2 is 1.69 bits per heavy atom. The fourth-order valence-electron chi connectivity index (χ4n) is 5.34. The largest absolute Gasteiger partial charge is 0.497 e. The van der Waals surface area contributed by atoms with E-state index in [1.165, 1.54) is 10.2 Å². The smallest absolute Gasteiger partial charge is 0.413 e. The molecule has 19 nitrogen and oxygen atoms in total. The average molecular weight is 817 g/mol. The van der Waals surface area contributed by atoms with Gasteiger partial charge in [0.1, 0.15) is 40.8 Å². The first-order valence-electron chi connectivity index (χ1n) is 18.1. The van der Waals surface area contributed by atoms with Crippen LogP contribution < -0.4 is 20.1 Å². The number of aliphatic carboxylic acids is 1. The number of likely N-dealkylation sites (tertiary alicyclic amines) is 1. The zero-order valence-electron chi connectivity index (χ0n) is 33.0. The van der Waals surface area contributed by atoms with E-state index >= 15 is 0 Å². The summed E-state index contributed by atoms with van der Waals surface area (Å²) in [6.45, 7) is 11.7. The number of pyridine rings is 1. The number of carboxylic acids is 1. The molecule has 1 atom stereocenters. The molecule has 0 saturated carbocycles. The zero-order valence-corrected chi connectivity index (χ0v) is 33.8. The number of amides is 2. The van der Waals surface area contributed by atoms with Crippen LogP contribution in [0.3, 0.4) is 0 Å². The zero-order chi connectivity index (χ0) is 41.6. The molecule has 1 unspecified atom stereocenters. The van der Waals surface area contributed by atoms with Gasteiger partial charge in [-0.1, -0.05) is 17.3 Å². The SMILES string of the molecule is COc1ccc(Cn2nnc(C(COc3ccc4nc(NC5CN(C(=O)OC(C)(C)C)C5)ccc4c3)O/N=C(\C(=O)O)c3csc(NC(=O)OC(C)(C)C)n3)n2)cc1. The van der Waals surface area contributed by atoms with Crippen LogP contribution in [-0.2, 0) is 25.7 Å². The summed E-state index contributed by atoms with van der Waals surface area (Å²) in [5.74, 6) is 0.462. The van der Waals surface area contributed by atoms with Gasteiger partial charge in [0.15, 0.2) is 5.13 Å². The summed E-state index contributed by atoms with van der Waals surface area (Å²) in [6.07, 6.45) is -2.22. The number of carboxylic acid groups (broad SMARTS) is 1. The molecule has 20 heteroatoms. The Hall–Kier alpha value is -6.57. The average Bonchev–Trinajstić information content (AvgIpc) is 3.79. The quantitative estimate of drug-likeness (QED) is 0.0897. The second-order valence-electron chi connectivity index (χ2n) is 15.1. The third-order valence-corrected chi connectivity index (χ3v) is 8.77. The molecule has 3 N–H and O–H groups in total. The summed E-state index contributed by atoms with van der Waals surface area (Å²) < 4.78 is 22.0. The number of oxime groups is 1. The molecule has 1 aliphatic rings. The van der Waals surface area contributed by atoms with Crippen molar-refractivity contribution < 1.29 is 43.3 Å². The second kappa shape index (κ2) is 17.3. The van der Waals surface area contributed by atoms with Crippen molar-refractivity contribution in [3.63, 3.8) is 0 Å². The number of aromatic nitrogens is 6. The molecule has 1 saturated heterocycles. The number of benzene rings is 2. The Labute approximate surface area is 337 Å². The summed E-state index contributed by atoms with van der Waals surface area (Å²) in [4.78, 5) is 54.5. The maximum absolute atomic E-state index is 12.3. The maximum Gasteiger partial charge on any atom is 0.413 e. The van der Waals surface area contributed by atoms with Gasteiger partial charge < -0.3 is 39.1 Å². The van der Waals surface area contributed by atoms with E-state index in [2.05, 4.69) is 36.2 Å². The number of hydrogen-bond acceptors (Lipinski definition) is 16. The van der Waals surface area contributed by atoms with Crippen LogP contribution in [0.1, 0.15) is 64.7 Å². The fraction of sp³-hybridized carbons (Fsp3) is 0.395. The topological polar surface area (TPSA) is 227 Å². The van der Waals surface area contributed by atoms with Gasteiger partial charge in [0.25, 0.3) is 0 Å². The van der Waals surface area contributed by atoms with E-state index < -0.39 is 35.1 Å². The maximum atomic E-state index is 12.3. The minimum absolute atomic E-state index is 0.0376. The summed E-state index contributed by atoms with van der Waals surface area (Å²) in [5.41, 5.74) is -0.323. The van der Waals surface area contributed by atoms with Crippen molar-refractivity contribution >= 4 is 57.1 Å². The summed E-state index contributed by atoms with van der Waals surface area (Å²) >= 11 is 0.984. The lowest BCUT2D eigenvalue weighted by Gasteiger charge is -2.40. The first-order chi connectivity index (χ1) is 27.5. The highest BCUT2D eigenvalue weighted by molar-refractivity contribution is 7.14. The van der Waals surface area contributed by atoms with Crippen LogP contribution in [0, 0.1) is 0 Å². The van der Waals surface area contributed by atoms with Gasteiger partial charge >= 0.3 is 18.2 Å². The molecule has 0 spiro atoms. The molecule has 3 aromatic heterocycles. The van der Waals surface area contributed by atoms with E-state index in [1.54, 1.807) is 51.0 Å². The number of carbonyl (C=O) groups is 3. The molecule has 1 fully saturated rings. The minimum Gasteiger partial charge on any atom is -0.497 e. The summed E-state index contributed by atoms with van der Waals surface area (Å²) in [7, 11) is 1.58. The number of fused-ring (bicyclic) bond motifs is 1. The number of thiazole rings is 1. The summed E-state index contributed by atoms with van der Waals surface area (Å²) in [5, 5.41) is 34.9. The van der Waals surface area contributed by atoms with Gasteiger partial charge in [0.2, 0.25) is 17.6 Å². The predicted octanol–water partition coefficient (Wildman–Crippen LogP) is 5.74. The molecular formula is C38H44N10O9S. The highest BCUT2D eigenvalue weighted by Crippen LogP contribution is 2.26. The van der Waals surface area contributed by atoms with Gasteiger partial charge in [-0.25, -0.2) is 24.4 Å². The van der Waals surface area contributed by atoms with E-state index in [1.807, 2.05) is 57.2 Å². The van der Waals surface area contributed by atoms with Gasteiger partial charge in [-0.15, -0.1) is 21.5 Å². The lowest BCUT2D eigenvalue weighted by atomic mass is 10.1. The minimum atomic E-state index is -1.43. The predicted molar refractivity (Wildman–Crippen MR) is 212 cm³/mol. The number of anilines is 2. The van der Waals surface area contributed by atoms with E-state index in [0.717, 1.165) is 22.3 Å². The summed E-state index contributed by atoms with van der Waals surface area (Å²) in [6, 6.07) is 16.5. The molecule has 5 aromatic rings. The number of tetrazole rings is 1. The molecular weight excluding hydrogens is 773 g/mol. The van der Waals surface area contributed by atoms with Crippen LogP contribution in [0.4, 0.5) is 20.5 Å². The van der Waals surface area contributed by atoms with Gasteiger partial charge in [-0.2, -0.15) is 4.80 Å². The van der Waals surface area contributed by atoms with Crippen molar-refractivity contribution in [1.82, 2.24) is 35.1 Å². The molecule has 6 rings (SSSR count). The number of nitrogens with zero attached hydrogens (tertiary/aromatic N) is 8. The van der Waals surface area contributed by atoms with Crippen LogP contribution in [-0.4, -0.2) is 108 Å². The van der Waals surface area contributed by atoms with E-state index in [4.69, 9.17) is 28.8 Å². The van der Waals surface area contributed by atoms with Gasteiger partial charge in [-0.05, 0) is 94.8 Å². The third-order valence-electron chi connectivity index (χ3n) is 8.02. The van der Waals surface area contributed by atoms with Crippen molar-refractivity contribution in [3.05, 3.63) is 77.1 Å². The van der Waals surface area contributed by atoms with Crippen molar-refractivity contribution in [1.29, 1.82) is 0 Å². The Morgan fingerprint density at radius 1 is 0.966 bits per heavy atom. The molecule has 0 radical (unpaired) electrons. The number of rotatable bonds is 14. The van der Waals surface area contributed by atoms with Crippen molar-refractivity contribution in [2.45, 2.75) is 71.4 Å². The standard InChI is InChI=1S/C38H44N10O9S/c1-37(2,3)55-35(51)42-34-41-28(21-58-34)31(33(49)50)45-57-29(32-43-46-48(44-32)17-22-8-11-25(53-7)12-9-22)20-54-26-13-14-27-23(16-26)10-15-30(40-27)39-24-18-47(19-24)36(52)56-38(4,5)6/h8-16,21,24,29H,17-20H2,1-7H3,(H,39,40)(H,49,50)(H,41,42,51)/b45-31-. The normalized spacial score (nSPS) is 14.0. The number of ether oxygens (including phenoxy) is 4. The molecule has 1 aliphatic heterocycles. The van der Waals surface area contributed by atoms with Gasteiger partial charge in [-0.3, -0.25) is 5.32 Å². The second-order valence-corrected chi connectivity index (χ2v) is 16.0. The lowest BCUT2D eigenvalue weighted by molar-refractivity contribution is -0.129. The fourth-order valence-corrected chi connectivity index (χ4v) is 6.02. The first-order valence-corrected chi connectivity index (χ1v) is 19.0. The monoisotopic (exact) mass is 816 g/mol. The van der Waals surface area contributed by atoms with Crippen molar-refractivity contribution in [2.24, 2.45) is 5.16 Å². The van der Waals surface area contributed by atoms with Crippen molar-refractivity contribution in [3.8, 4) is 11.5 Å². The molecule has 306 valence electrons. The van der Waals surface area contributed by atoms with E-state index in [9.17, 15) is 19.5 Å². The molecule has 2 amide bonds. The first kappa shape index (κ1) is 41.1. The van der Waals surface area contributed by atoms with Gasteiger partial charge in [0.05, 0.1) is 25.2 Å². The van der Waals surface area contributed by atoms with Crippen LogP contribution in [0.15, 0.2) is 65.1 Å². The molecule has 4 heterocycles. The third kappa shape index (κ3) is 11.3. The highest BCUT2D eigenvalue weighted by Gasteiger charge is 2.34. The Kier molecular flexibility index (Phi) is 12.2.